The monoisotopic (exact) mass is 305 g/mol. The maximum Gasteiger partial charge on any atom is 0.251 e. The van der Waals surface area contributed by atoms with Gasteiger partial charge in [-0.05, 0) is 30.2 Å². The second-order valence-corrected chi connectivity index (χ2v) is 5.44. The van der Waals surface area contributed by atoms with Crippen molar-refractivity contribution >= 4 is 5.91 Å². The van der Waals surface area contributed by atoms with E-state index in [9.17, 15) is 4.79 Å². The summed E-state index contributed by atoms with van der Waals surface area (Å²) < 4.78 is 0. The molecule has 1 aromatic heterocycles. The molecule has 0 radical (unpaired) electrons. The number of hydrogen-bond acceptors (Lipinski definition) is 2. The van der Waals surface area contributed by atoms with E-state index in [0.29, 0.717) is 12.1 Å². The zero-order valence-electron chi connectivity index (χ0n) is 13.0. The molecule has 116 valence electrons. The summed E-state index contributed by atoms with van der Waals surface area (Å²) in [7, 11) is 0. The van der Waals surface area contributed by atoms with Gasteiger partial charge in [0.25, 0.3) is 5.91 Å². The fourth-order valence-corrected chi connectivity index (χ4v) is 2.46. The Kier molecular flexibility index (Phi) is 4.52. The van der Waals surface area contributed by atoms with Crippen LogP contribution in [0.25, 0.3) is 11.1 Å². The molecule has 0 fully saturated rings. The molecule has 0 aliphatic rings. The highest BCUT2D eigenvalue weighted by Crippen LogP contribution is 2.19. The Morgan fingerprint density at radius 1 is 1.04 bits per heavy atom. The van der Waals surface area contributed by atoms with E-state index < -0.39 is 0 Å². The van der Waals surface area contributed by atoms with E-state index in [1.807, 2.05) is 49.4 Å². The Morgan fingerprint density at radius 2 is 1.74 bits per heavy atom. The molecular weight excluding hydrogens is 286 g/mol. The molecule has 4 nitrogen and oxygen atoms in total. The number of rotatable bonds is 5. The smallest absolute Gasteiger partial charge is 0.251 e. The van der Waals surface area contributed by atoms with Crippen molar-refractivity contribution in [3.63, 3.8) is 0 Å². The van der Waals surface area contributed by atoms with Gasteiger partial charge in [-0.25, -0.2) is 4.98 Å². The summed E-state index contributed by atoms with van der Waals surface area (Å²) in [5, 5.41) is 2.93. The standard InChI is InChI=1S/C19H19N3O/c1-14-21-13-18(22-14)11-12-20-19(23)17-9-7-16(8-10-17)15-5-3-2-4-6-15/h2-10,13H,11-12H2,1H3,(H,20,23)(H,21,22). The summed E-state index contributed by atoms with van der Waals surface area (Å²) >= 11 is 0. The van der Waals surface area contributed by atoms with Crippen LogP contribution in [0.2, 0.25) is 0 Å². The maximum absolute atomic E-state index is 12.2. The van der Waals surface area contributed by atoms with Crippen LogP contribution in [-0.4, -0.2) is 22.4 Å². The van der Waals surface area contributed by atoms with Crippen LogP contribution in [0.3, 0.4) is 0 Å². The van der Waals surface area contributed by atoms with Crippen LogP contribution in [0.4, 0.5) is 0 Å². The Morgan fingerprint density at radius 3 is 2.39 bits per heavy atom. The molecule has 2 aromatic carbocycles. The van der Waals surface area contributed by atoms with Crippen LogP contribution in [0.15, 0.2) is 60.8 Å². The van der Waals surface area contributed by atoms with Crippen molar-refractivity contribution in [2.45, 2.75) is 13.3 Å². The molecule has 0 aliphatic carbocycles. The van der Waals surface area contributed by atoms with Crippen molar-refractivity contribution < 1.29 is 4.79 Å². The molecule has 0 atom stereocenters. The van der Waals surface area contributed by atoms with Crippen molar-refractivity contribution in [2.75, 3.05) is 6.54 Å². The molecule has 2 N–H and O–H groups in total. The molecule has 0 spiro atoms. The van der Waals surface area contributed by atoms with Crippen molar-refractivity contribution in [1.29, 1.82) is 0 Å². The maximum atomic E-state index is 12.2. The number of nitrogens with zero attached hydrogens (tertiary/aromatic N) is 1. The zero-order valence-corrected chi connectivity index (χ0v) is 13.0. The molecule has 3 rings (SSSR count). The highest BCUT2D eigenvalue weighted by Gasteiger charge is 2.06. The van der Waals surface area contributed by atoms with Crippen molar-refractivity contribution in [3.05, 3.63) is 77.9 Å². The third-order valence-electron chi connectivity index (χ3n) is 3.69. The normalized spacial score (nSPS) is 10.5. The SMILES string of the molecule is Cc1ncc(CCNC(=O)c2ccc(-c3ccccc3)cc2)[nH]1. The van der Waals surface area contributed by atoms with E-state index in [2.05, 4.69) is 27.4 Å². The van der Waals surface area contributed by atoms with E-state index in [1.54, 1.807) is 6.20 Å². The lowest BCUT2D eigenvalue weighted by atomic mass is 10.0. The predicted molar refractivity (Wildman–Crippen MR) is 91.2 cm³/mol. The number of benzene rings is 2. The number of aryl methyl sites for hydroxylation is 1. The van der Waals surface area contributed by atoms with Gasteiger partial charge in [0.05, 0.1) is 0 Å². The van der Waals surface area contributed by atoms with E-state index in [0.717, 1.165) is 29.1 Å². The Hall–Kier alpha value is -2.88. The molecule has 23 heavy (non-hydrogen) atoms. The summed E-state index contributed by atoms with van der Waals surface area (Å²) in [5.41, 5.74) is 3.96. The van der Waals surface area contributed by atoms with Gasteiger partial charge in [-0.2, -0.15) is 0 Å². The number of imidazole rings is 1. The van der Waals surface area contributed by atoms with Gasteiger partial charge < -0.3 is 10.3 Å². The average Bonchev–Trinajstić information content (AvgIpc) is 3.01. The Bertz CT molecular complexity index is 776. The average molecular weight is 305 g/mol. The second kappa shape index (κ2) is 6.92. The summed E-state index contributed by atoms with van der Waals surface area (Å²) in [6.07, 6.45) is 2.55. The number of carbonyl (C=O) groups is 1. The van der Waals surface area contributed by atoms with Crippen LogP contribution < -0.4 is 5.32 Å². The van der Waals surface area contributed by atoms with Gasteiger partial charge in [0.1, 0.15) is 5.82 Å². The number of aromatic amines is 1. The highest BCUT2D eigenvalue weighted by atomic mass is 16.1. The largest absolute Gasteiger partial charge is 0.352 e. The third kappa shape index (κ3) is 3.86. The molecular formula is C19H19N3O. The van der Waals surface area contributed by atoms with Crippen molar-refractivity contribution in [3.8, 4) is 11.1 Å². The topological polar surface area (TPSA) is 57.8 Å². The quantitative estimate of drug-likeness (QED) is 0.759. The van der Waals surface area contributed by atoms with Gasteiger partial charge in [-0.3, -0.25) is 4.79 Å². The highest BCUT2D eigenvalue weighted by molar-refractivity contribution is 5.94. The van der Waals surface area contributed by atoms with Gasteiger partial charge >= 0.3 is 0 Å². The first-order valence-electron chi connectivity index (χ1n) is 7.66. The Balaban J connectivity index is 1.57. The number of aromatic nitrogens is 2. The third-order valence-corrected chi connectivity index (χ3v) is 3.69. The van der Waals surface area contributed by atoms with Crippen molar-refractivity contribution in [1.82, 2.24) is 15.3 Å². The van der Waals surface area contributed by atoms with E-state index >= 15 is 0 Å². The molecule has 0 aliphatic heterocycles. The second-order valence-electron chi connectivity index (χ2n) is 5.44. The van der Waals surface area contributed by atoms with Crippen LogP contribution in [0.1, 0.15) is 21.9 Å². The first-order chi connectivity index (χ1) is 11.2. The van der Waals surface area contributed by atoms with Gasteiger partial charge in [-0.15, -0.1) is 0 Å². The molecule has 0 bridgehead atoms. The number of carbonyl (C=O) groups excluding carboxylic acids is 1. The van der Waals surface area contributed by atoms with E-state index in [1.165, 1.54) is 0 Å². The molecule has 0 unspecified atom stereocenters. The summed E-state index contributed by atoms with van der Waals surface area (Å²) in [6, 6.07) is 17.8. The molecule has 0 saturated carbocycles. The molecule has 4 heteroatoms. The number of amides is 1. The molecule has 1 amide bonds. The lowest BCUT2D eigenvalue weighted by Crippen LogP contribution is -2.25. The molecule has 1 heterocycles. The number of H-pyrrole nitrogens is 1. The minimum atomic E-state index is -0.0548. The first kappa shape index (κ1) is 15.0. The fourth-order valence-electron chi connectivity index (χ4n) is 2.46. The van der Waals surface area contributed by atoms with Gasteiger partial charge in [0.2, 0.25) is 0 Å². The molecule has 0 saturated heterocycles. The summed E-state index contributed by atoms with van der Waals surface area (Å²) in [4.78, 5) is 19.4. The minimum absolute atomic E-state index is 0.0548. The van der Waals surface area contributed by atoms with Gasteiger partial charge in [-0.1, -0.05) is 42.5 Å². The summed E-state index contributed by atoms with van der Waals surface area (Å²) in [5.74, 6) is 0.837. The zero-order chi connectivity index (χ0) is 16.1. The van der Waals surface area contributed by atoms with Crippen LogP contribution in [-0.2, 0) is 6.42 Å². The van der Waals surface area contributed by atoms with E-state index in [4.69, 9.17) is 0 Å². The van der Waals surface area contributed by atoms with Crippen LogP contribution >= 0.6 is 0 Å². The minimum Gasteiger partial charge on any atom is -0.352 e. The number of hydrogen-bond donors (Lipinski definition) is 2. The lowest BCUT2D eigenvalue weighted by Gasteiger charge is -2.06. The van der Waals surface area contributed by atoms with E-state index in [-0.39, 0.29) is 5.91 Å². The van der Waals surface area contributed by atoms with Crippen molar-refractivity contribution in [2.24, 2.45) is 0 Å². The van der Waals surface area contributed by atoms with Crippen LogP contribution in [0.5, 0.6) is 0 Å². The Labute approximate surface area is 135 Å². The molecule has 3 aromatic rings. The lowest BCUT2D eigenvalue weighted by molar-refractivity contribution is 0.0954. The fraction of sp³-hybridized carbons (Fsp3) is 0.158. The predicted octanol–water partition coefficient (Wildman–Crippen LogP) is 3.36. The summed E-state index contributed by atoms with van der Waals surface area (Å²) in [6.45, 7) is 2.50. The number of nitrogens with one attached hydrogen (secondary N) is 2. The van der Waals surface area contributed by atoms with Crippen LogP contribution in [0, 0.1) is 6.92 Å². The van der Waals surface area contributed by atoms with Gasteiger partial charge in [0, 0.05) is 30.4 Å². The van der Waals surface area contributed by atoms with Gasteiger partial charge in [0.15, 0.2) is 0 Å². The first-order valence-corrected chi connectivity index (χ1v) is 7.66.